The predicted octanol–water partition coefficient (Wildman–Crippen LogP) is 2.93. The normalized spacial score (nSPS) is 16.9. The number of aliphatic carboxylic acids is 1. The largest absolute Gasteiger partial charge is 0.477 e. The lowest BCUT2D eigenvalue weighted by molar-refractivity contribution is -0.131. The topological polar surface area (TPSA) is 55.8 Å². The van der Waals surface area contributed by atoms with Crippen molar-refractivity contribution in [3.8, 4) is 0 Å². The van der Waals surface area contributed by atoms with Gasteiger partial charge in [-0.15, -0.1) is 0 Å². The lowest BCUT2D eigenvalue weighted by Gasteiger charge is -2.31. The van der Waals surface area contributed by atoms with Gasteiger partial charge >= 0.3 is 5.97 Å². The van der Waals surface area contributed by atoms with Crippen LogP contribution in [0.15, 0.2) is 18.1 Å². The van der Waals surface area contributed by atoms with Crippen LogP contribution in [0.3, 0.4) is 0 Å². The highest BCUT2D eigenvalue weighted by Crippen LogP contribution is 2.31. The minimum atomic E-state index is -1.56. The zero-order chi connectivity index (χ0) is 15.8. The number of carboxylic acids is 1. The van der Waals surface area contributed by atoms with Crippen LogP contribution in [-0.4, -0.2) is 24.3 Å². The lowest BCUT2D eigenvalue weighted by atomic mass is 9.95. The van der Waals surface area contributed by atoms with E-state index in [0.29, 0.717) is 6.07 Å². The van der Waals surface area contributed by atoms with Crippen molar-refractivity contribution in [3.63, 3.8) is 0 Å². The Morgan fingerprint density at radius 3 is 2.14 bits per heavy atom. The summed E-state index contributed by atoms with van der Waals surface area (Å²) in [6, 6.07) is 0.745. The molecule has 7 heteroatoms. The van der Waals surface area contributed by atoms with Gasteiger partial charge in [-0.2, -0.15) is 0 Å². The van der Waals surface area contributed by atoms with Crippen molar-refractivity contribution in [2.45, 2.75) is 13.8 Å². The molecule has 0 spiro atoms. The molecule has 0 aromatic heterocycles. The molecule has 1 aliphatic rings. The van der Waals surface area contributed by atoms with Crippen LogP contribution in [0, 0.1) is 22.9 Å². The van der Waals surface area contributed by atoms with Gasteiger partial charge in [-0.05, 0) is 6.07 Å². The summed E-state index contributed by atoms with van der Waals surface area (Å²) in [4.78, 5) is 11.3. The average molecular weight is 302 g/mol. The number of carbonyl (C=O) groups is 1. The second-order valence-corrected chi connectivity index (χ2v) is 5.46. The highest BCUT2D eigenvalue weighted by Gasteiger charge is 2.32. The van der Waals surface area contributed by atoms with Gasteiger partial charge in [0, 0.05) is 17.0 Å². The average Bonchev–Trinajstić information content (AvgIpc) is 2.37. The molecule has 1 saturated heterocycles. The third kappa shape index (κ3) is 3.12. The molecule has 1 aromatic rings. The molecular formula is C14H13F3O4. The molecule has 1 heterocycles. The first-order valence-corrected chi connectivity index (χ1v) is 6.09. The Hall–Kier alpha value is -2.18. The summed E-state index contributed by atoms with van der Waals surface area (Å²) >= 11 is 0. The van der Waals surface area contributed by atoms with E-state index >= 15 is 0 Å². The molecule has 0 atom stereocenters. The summed E-state index contributed by atoms with van der Waals surface area (Å²) in [6.07, 6.45) is 0. The van der Waals surface area contributed by atoms with Crippen molar-refractivity contribution in [2.24, 2.45) is 5.41 Å². The maximum Gasteiger partial charge on any atom is 0.343 e. The molecule has 4 nitrogen and oxygen atoms in total. The summed E-state index contributed by atoms with van der Waals surface area (Å²) in [6.45, 7) is 3.99. The third-order valence-electron chi connectivity index (χ3n) is 2.89. The molecule has 114 valence electrons. The molecule has 0 aliphatic carbocycles. The third-order valence-corrected chi connectivity index (χ3v) is 2.89. The van der Waals surface area contributed by atoms with Crippen molar-refractivity contribution in [3.05, 3.63) is 41.1 Å². The van der Waals surface area contributed by atoms with E-state index in [4.69, 9.17) is 9.47 Å². The maximum absolute atomic E-state index is 13.7. The fourth-order valence-corrected chi connectivity index (χ4v) is 1.78. The summed E-state index contributed by atoms with van der Waals surface area (Å²) in [7, 11) is 0. The summed E-state index contributed by atoms with van der Waals surface area (Å²) < 4.78 is 50.3. The first-order valence-electron chi connectivity index (χ1n) is 6.09. The van der Waals surface area contributed by atoms with E-state index in [1.165, 1.54) is 0 Å². The minimum absolute atomic E-state index is 0.157. The van der Waals surface area contributed by atoms with Crippen molar-refractivity contribution in [1.82, 2.24) is 0 Å². The highest BCUT2D eigenvalue weighted by molar-refractivity contribution is 6.15. The van der Waals surface area contributed by atoms with Gasteiger partial charge in [0.05, 0.1) is 13.2 Å². The molecule has 0 amide bonds. The van der Waals surface area contributed by atoms with Crippen LogP contribution in [0.25, 0.3) is 5.57 Å². The van der Waals surface area contributed by atoms with Gasteiger partial charge in [0.1, 0.15) is 5.82 Å². The van der Waals surface area contributed by atoms with E-state index < -0.39 is 40.5 Å². The van der Waals surface area contributed by atoms with Crippen LogP contribution >= 0.6 is 0 Å². The van der Waals surface area contributed by atoms with Crippen LogP contribution in [0.4, 0.5) is 13.2 Å². The number of benzene rings is 1. The van der Waals surface area contributed by atoms with Crippen LogP contribution < -0.4 is 0 Å². The summed E-state index contributed by atoms with van der Waals surface area (Å²) in [5.41, 5.74) is -1.64. The highest BCUT2D eigenvalue weighted by atomic mass is 19.2. The molecule has 1 aliphatic heterocycles. The number of halogens is 3. The molecule has 0 radical (unpaired) electrons. The number of carboxylic acid groups (broad SMARTS) is 1. The van der Waals surface area contributed by atoms with Gasteiger partial charge in [-0.1, -0.05) is 13.8 Å². The number of hydrogen-bond acceptors (Lipinski definition) is 3. The minimum Gasteiger partial charge on any atom is -0.477 e. The van der Waals surface area contributed by atoms with E-state index in [1.54, 1.807) is 0 Å². The van der Waals surface area contributed by atoms with Gasteiger partial charge in [-0.3, -0.25) is 0 Å². The molecule has 0 bridgehead atoms. The van der Waals surface area contributed by atoms with E-state index in [0.717, 1.165) is 0 Å². The van der Waals surface area contributed by atoms with Gasteiger partial charge < -0.3 is 14.6 Å². The number of rotatable bonds is 2. The Kier molecular flexibility index (Phi) is 3.85. The fraction of sp³-hybridized carbons (Fsp3) is 0.357. The van der Waals surface area contributed by atoms with E-state index in [-0.39, 0.29) is 24.7 Å². The smallest absolute Gasteiger partial charge is 0.343 e. The maximum atomic E-state index is 13.7. The molecule has 0 unspecified atom stereocenters. The van der Waals surface area contributed by atoms with Crippen molar-refractivity contribution >= 4 is 11.5 Å². The van der Waals surface area contributed by atoms with E-state index in [9.17, 15) is 23.1 Å². The van der Waals surface area contributed by atoms with E-state index in [1.807, 2.05) is 13.8 Å². The molecule has 1 fully saturated rings. The molecule has 2 rings (SSSR count). The van der Waals surface area contributed by atoms with Gasteiger partial charge in [0.2, 0.25) is 0 Å². The van der Waals surface area contributed by atoms with Crippen LogP contribution in [0.2, 0.25) is 0 Å². The Bertz CT molecular complexity index is 611. The summed E-state index contributed by atoms with van der Waals surface area (Å²) in [5, 5.41) is 9.19. The first kappa shape index (κ1) is 15.2. The lowest BCUT2D eigenvalue weighted by Crippen LogP contribution is -2.31. The Labute approximate surface area is 118 Å². The van der Waals surface area contributed by atoms with E-state index in [2.05, 4.69) is 0 Å². The summed E-state index contributed by atoms with van der Waals surface area (Å²) in [5.74, 6) is -5.95. The second-order valence-electron chi connectivity index (χ2n) is 5.46. The molecule has 21 heavy (non-hydrogen) atoms. The molecule has 1 aromatic carbocycles. The zero-order valence-corrected chi connectivity index (χ0v) is 11.4. The quantitative estimate of drug-likeness (QED) is 0.674. The SMILES string of the molecule is CC1(C)COC(=C(C(=O)O)c2cc(F)c(F)cc2F)OC1. The fourth-order valence-electron chi connectivity index (χ4n) is 1.78. The van der Waals surface area contributed by atoms with Crippen molar-refractivity contribution in [2.75, 3.05) is 13.2 Å². The molecular weight excluding hydrogens is 289 g/mol. The monoisotopic (exact) mass is 302 g/mol. The van der Waals surface area contributed by atoms with Crippen molar-refractivity contribution in [1.29, 1.82) is 0 Å². The Morgan fingerprint density at radius 2 is 1.62 bits per heavy atom. The first-order chi connectivity index (χ1) is 9.71. The number of hydrogen-bond donors (Lipinski definition) is 1. The van der Waals surface area contributed by atoms with Crippen LogP contribution in [-0.2, 0) is 14.3 Å². The van der Waals surface area contributed by atoms with Crippen LogP contribution in [0.1, 0.15) is 19.4 Å². The van der Waals surface area contributed by atoms with Gasteiger partial charge in [0.15, 0.2) is 17.2 Å². The second kappa shape index (κ2) is 5.31. The molecule has 1 N–H and O–H groups in total. The number of ether oxygens (including phenoxy) is 2. The Morgan fingerprint density at radius 1 is 1.10 bits per heavy atom. The van der Waals surface area contributed by atoms with Gasteiger partial charge in [0.25, 0.3) is 5.95 Å². The Balaban J connectivity index is 2.51. The van der Waals surface area contributed by atoms with Crippen molar-refractivity contribution < 1.29 is 32.5 Å². The zero-order valence-electron chi connectivity index (χ0n) is 11.4. The predicted molar refractivity (Wildman–Crippen MR) is 66.6 cm³/mol. The van der Waals surface area contributed by atoms with Gasteiger partial charge in [-0.25, -0.2) is 18.0 Å². The standard InChI is InChI=1S/C14H13F3O4/c1-14(2)5-20-13(21-6-14)11(12(18)19)7-3-9(16)10(17)4-8(7)15/h3-4H,5-6H2,1-2H3,(H,18,19). The molecule has 0 saturated carbocycles. The van der Waals surface area contributed by atoms with Crippen LogP contribution in [0.5, 0.6) is 0 Å².